The molecule has 0 saturated heterocycles. The molecule has 2 aromatic carbocycles. The fraction of sp³-hybridized carbons (Fsp3) is 0. The molecule has 3 rings (SSSR count). The lowest BCUT2D eigenvalue weighted by atomic mass is 10.1. The Balaban J connectivity index is 2.15. The summed E-state index contributed by atoms with van der Waals surface area (Å²) in [4.78, 5) is 8.59. The Kier molecular flexibility index (Phi) is 3.44. The Hall–Kier alpha value is -2.26. The van der Waals surface area contributed by atoms with Gasteiger partial charge < -0.3 is 0 Å². The van der Waals surface area contributed by atoms with E-state index in [-0.39, 0.29) is 11.0 Å². The van der Waals surface area contributed by atoms with Crippen LogP contribution in [0.25, 0.3) is 22.6 Å². The molecule has 0 saturated carbocycles. The zero-order valence-corrected chi connectivity index (χ0v) is 11.2. The van der Waals surface area contributed by atoms with Crippen LogP contribution in [0.3, 0.4) is 0 Å². The van der Waals surface area contributed by atoms with Crippen molar-refractivity contribution in [2.24, 2.45) is 0 Å². The zero-order valence-electron chi connectivity index (χ0n) is 10.4. The van der Waals surface area contributed by atoms with Gasteiger partial charge in [-0.05, 0) is 12.1 Å². The van der Waals surface area contributed by atoms with Gasteiger partial charge >= 0.3 is 0 Å². The van der Waals surface area contributed by atoms with Gasteiger partial charge in [-0.3, -0.25) is 0 Å². The second kappa shape index (κ2) is 5.39. The molecule has 98 valence electrons. The van der Waals surface area contributed by atoms with Gasteiger partial charge in [0.2, 0.25) is 0 Å². The third-order valence-electron chi connectivity index (χ3n) is 2.88. The second-order valence-electron chi connectivity index (χ2n) is 4.25. The molecule has 4 heteroatoms. The average molecular weight is 285 g/mol. The van der Waals surface area contributed by atoms with Crippen LogP contribution in [0.5, 0.6) is 0 Å². The van der Waals surface area contributed by atoms with E-state index in [0.717, 1.165) is 5.56 Å². The van der Waals surface area contributed by atoms with E-state index in [1.165, 1.54) is 6.07 Å². The Morgan fingerprint density at radius 1 is 0.850 bits per heavy atom. The summed E-state index contributed by atoms with van der Waals surface area (Å²) in [5.74, 6) is 0.151. The number of halogens is 2. The smallest absolute Gasteiger partial charge is 0.161 e. The van der Waals surface area contributed by atoms with E-state index in [9.17, 15) is 4.39 Å². The van der Waals surface area contributed by atoms with Crippen molar-refractivity contribution >= 4 is 11.6 Å². The molecular formula is C16H10ClFN2. The molecule has 0 atom stereocenters. The SMILES string of the molecule is Fc1ccccc1-c1cc(Cl)nc(-c2ccccc2)n1. The predicted molar refractivity (Wildman–Crippen MR) is 77.9 cm³/mol. The van der Waals surface area contributed by atoms with Crippen LogP contribution in [-0.4, -0.2) is 9.97 Å². The number of aromatic nitrogens is 2. The van der Waals surface area contributed by atoms with Crippen molar-refractivity contribution in [2.75, 3.05) is 0 Å². The fourth-order valence-corrected chi connectivity index (χ4v) is 2.12. The molecule has 3 aromatic rings. The first-order valence-corrected chi connectivity index (χ1v) is 6.47. The summed E-state index contributed by atoms with van der Waals surface area (Å²) in [6.07, 6.45) is 0. The molecule has 0 spiro atoms. The monoisotopic (exact) mass is 284 g/mol. The molecule has 1 heterocycles. The molecule has 0 unspecified atom stereocenters. The molecule has 0 N–H and O–H groups in total. The third kappa shape index (κ3) is 2.53. The average Bonchev–Trinajstić information content (AvgIpc) is 2.48. The van der Waals surface area contributed by atoms with Crippen LogP contribution in [0.2, 0.25) is 5.15 Å². The summed E-state index contributed by atoms with van der Waals surface area (Å²) < 4.78 is 13.8. The van der Waals surface area contributed by atoms with Crippen LogP contribution < -0.4 is 0 Å². The number of hydrogen-bond acceptors (Lipinski definition) is 2. The summed E-state index contributed by atoms with van der Waals surface area (Å²) in [5.41, 5.74) is 1.73. The van der Waals surface area contributed by atoms with Crippen molar-refractivity contribution in [3.8, 4) is 22.6 Å². The minimum Gasteiger partial charge on any atom is -0.228 e. The van der Waals surface area contributed by atoms with Gasteiger partial charge in [0, 0.05) is 17.2 Å². The third-order valence-corrected chi connectivity index (χ3v) is 3.07. The zero-order chi connectivity index (χ0) is 13.9. The number of benzene rings is 2. The Morgan fingerprint density at radius 3 is 2.30 bits per heavy atom. The highest BCUT2D eigenvalue weighted by Crippen LogP contribution is 2.25. The van der Waals surface area contributed by atoms with E-state index >= 15 is 0 Å². The lowest BCUT2D eigenvalue weighted by molar-refractivity contribution is 0.630. The van der Waals surface area contributed by atoms with E-state index in [2.05, 4.69) is 9.97 Å². The Labute approximate surface area is 120 Å². The summed E-state index contributed by atoms with van der Waals surface area (Å²) in [5, 5.41) is 0.289. The highest BCUT2D eigenvalue weighted by molar-refractivity contribution is 6.29. The van der Waals surface area contributed by atoms with Gasteiger partial charge in [0.15, 0.2) is 5.82 Å². The van der Waals surface area contributed by atoms with Crippen molar-refractivity contribution in [1.29, 1.82) is 0 Å². The molecule has 0 aliphatic rings. The molecule has 20 heavy (non-hydrogen) atoms. The molecule has 0 aliphatic heterocycles. The van der Waals surface area contributed by atoms with Crippen molar-refractivity contribution in [3.63, 3.8) is 0 Å². The maximum absolute atomic E-state index is 13.8. The first-order chi connectivity index (χ1) is 9.74. The largest absolute Gasteiger partial charge is 0.228 e. The van der Waals surface area contributed by atoms with E-state index in [1.54, 1.807) is 24.3 Å². The van der Waals surface area contributed by atoms with Gasteiger partial charge in [0.25, 0.3) is 0 Å². The summed E-state index contributed by atoms with van der Waals surface area (Å²) in [6.45, 7) is 0. The Morgan fingerprint density at radius 2 is 1.55 bits per heavy atom. The van der Waals surface area contributed by atoms with E-state index in [1.807, 2.05) is 30.3 Å². The van der Waals surface area contributed by atoms with Crippen LogP contribution in [0.1, 0.15) is 0 Å². The van der Waals surface area contributed by atoms with Gasteiger partial charge in [-0.15, -0.1) is 0 Å². The Bertz CT molecular complexity index is 744. The first kappa shape index (κ1) is 12.8. The molecular weight excluding hydrogens is 275 g/mol. The summed E-state index contributed by atoms with van der Waals surface area (Å²) in [6, 6.07) is 17.5. The predicted octanol–water partition coefficient (Wildman–Crippen LogP) is 4.60. The number of nitrogens with zero attached hydrogens (tertiary/aromatic N) is 2. The molecule has 0 aliphatic carbocycles. The van der Waals surface area contributed by atoms with Crippen molar-refractivity contribution in [3.05, 3.63) is 71.6 Å². The van der Waals surface area contributed by atoms with Crippen LogP contribution in [0.4, 0.5) is 4.39 Å². The lowest BCUT2D eigenvalue weighted by Crippen LogP contribution is -1.94. The van der Waals surface area contributed by atoms with Crippen LogP contribution in [-0.2, 0) is 0 Å². The fourth-order valence-electron chi connectivity index (χ4n) is 1.94. The lowest BCUT2D eigenvalue weighted by Gasteiger charge is -2.06. The first-order valence-electron chi connectivity index (χ1n) is 6.09. The van der Waals surface area contributed by atoms with E-state index in [0.29, 0.717) is 17.1 Å². The van der Waals surface area contributed by atoms with Crippen molar-refractivity contribution in [2.45, 2.75) is 0 Å². The van der Waals surface area contributed by atoms with Gasteiger partial charge in [-0.1, -0.05) is 54.1 Å². The minimum atomic E-state index is -0.332. The van der Waals surface area contributed by atoms with Gasteiger partial charge in [-0.2, -0.15) is 0 Å². The summed E-state index contributed by atoms with van der Waals surface area (Å²) >= 11 is 6.03. The summed E-state index contributed by atoms with van der Waals surface area (Å²) in [7, 11) is 0. The molecule has 0 bridgehead atoms. The topological polar surface area (TPSA) is 25.8 Å². The van der Waals surface area contributed by atoms with Gasteiger partial charge in [0.1, 0.15) is 11.0 Å². The van der Waals surface area contributed by atoms with Crippen LogP contribution in [0.15, 0.2) is 60.7 Å². The molecule has 2 nitrogen and oxygen atoms in total. The van der Waals surface area contributed by atoms with Gasteiger partial charge in [0.05, 0.1) is 5.69 Å². The quantitative estimate of drug-likeness (QED) is 0.643. The van der Waals surface area contributed by atoms with E-state index in [4.69, 9.17) is 11.6 Å². The molecule has 1 aromatic heterocycles. The van der Waals surface area contributed by atoms with Gasteiger partial charge in [-0.25, -0.2) is 14.4 Å². The minimum absolute atomic E-state index is 0.289. The normalized spacial score (nSPS) is 10.5. The maximum Gasteiger partial charge on any atom is 0.161 e. The molecule has 0 radical (unpaired) electrons. The van der Waals surface area contributed by atoms with E-state index < -0.39 is 0 Å². The molecule has 0 amide bonds. The van der Waals surface area contributed by atoms with Crippen molar-refractivity contribution in [1.82, 2.24) is 9.97 Å². The molecule has 0 fully saturated rings. The van der Waals surface area contributed by atoms with Crippen LogP contribution >= 0.6 is 11.6 Å². The van der Waals surface area contributed by atoms with Crippen LogP contribution in [0, 0.1) is 5.82 Å². The highest BCUT2D eigenvalue weighted by atomic mass is 35.5. The second-order valence-corrected chi connectivity index (χ2v) is 4.63. The standard InChI is InChI=1S/C16H10ClFN2/c17-15-10-14(12-8-4-5-9-13(12)18)19-16(20-15)11-6-2-1-3-7-11/h1-10H. The maximum atomic E-state index is 13.8. The number of rotatable bonds is 2. The van der Waals surface area contributed by atoms with Crippen molar-refractivity contribution < 1.29 is 4.39 Å². The number of hydrogen-bond donors (Lipinski definition) is 0. The highest BCUT2D eigenvalue weighted by Gasteiger charge is 2.10.